The highest BCUT2D eigenvalue weighted by Crippen LogP contribution is 2.28. The van der Waals surface area contributed by atoms with Crippen LogP contribution >= 0.6 is 23.2 Å². The van der Waals surface area contributed by atoms with Gasteiger partial charge in [0.25, 0.3) is 0 Å². The van der Waals surface area contributed by atoms with Crippen LogP contribution in [0.2, 0.25) is 10.0 Å². The molecular formula is C15H14Cl2N2O. The van der Waals surface area contributed by atoms with Gasteiger partial charge in [-0.3, -0.25) is 4.79 Å². The summed E-state index contributed by atoms with van der Waals surface area (Å²) in [6.07, 6.45) is 0. The summed E-state index contributed by atoms with van der Waals surface area (Å²) in [6, 6.07) is 12.4. The van der Waals surface area contributed by atoms with Gasteiger partial charge in [0, 0.05) is 16.6 Å². The highest BCUT2D eigenvalue weighted by atomic mass is 35.5. The SMILES string of the molecule is CC(Nc1cc(C(N)=O)ccc1Cl)c1cccc(Cl)c1. The molecule has 2 rings (SSSR count). The molecule has 104 valence electrons. The van der Waals surface area contributed by atoms with E-state index in [9.17, 15) is 4.79 Å². The molecule has 1 atom stereocenters. The molecule has 3 N–H and O–H groups in total. The van der Waals surface area contributed by atoms with Gasteiger partial charge in [0.1, 0.15) is 0 Å². The van der Waals surface area contributed by atoms with Gasteiger partial charge in [0.2, 0.25) is 5.91 Å². The standard InChI is InChI=1S/C15H14Cl2N2O/c1-9(10-3-2-4-12(16)7-10)19-14-8-11(15(18)20)5-6-13(14)17/h2-9,19H,1H3,(H2,18,20). The molecular weight excluding hydrogens is 295 g/mol. The molecule has 0 radical (unpaired) electrons. The van der Waals surface area contributed by atoms with E-state index in [1.54, 1.807) is 18.2 Å². The second-order valence-electron chi connectivity index (χ2n) is 4.48. The predicted octanol–water partition coefficient (Wildman–Crippen LogP) is 4.27. The van der Waals surface area contributed by atoms with Crippen molar-refractivity contribution in [1.82, 2.24) is 0 Å². The predicted molar refractivity (Wildman–Crippen MR) is 83.5 cm³/mol. The van der Waals surface area contributed by atoms with Crippen LogP contribution < -0.4 is 11.1 Å². The Hall–Kier alpha value is -1.71. The van der Waals surface area contributed by atoms with E-state index < -0.39 is 5.91 Å². The van der Waals surface area contributed by atoms with Crippen molar-refractivity contribution in [2.45, 2.75) is 13.0 Å². The topological polar surface area (TPSA) is 55.1 Å². The summed E-state index contributed by atoms with van der Waals surface area (Å²) in [5.41, 5.74) is 7.37. The first kappa shape index (κ1) is 14.7. The van der Waals surface area contributed by atoms with E-state index in [1.807, 2.05) is 31.2 Å². The maximum absolute atomic E-state index is 11.2. The van der Waals surface area contributed by atoms with Gasteiger partial charge in [-0.05, 0) is 42.8 Å². The Bertz CT molecular complexity index is 644. The number of carbonyl (C=O) groups excluding carboxylic acids is 1. The van der Waals surface area contributed by atoms with Gasteiger partial charge in [-0.25, -0.2) is 0 Å². The number of nitrogens with one attached hydrogen (secondary N) is 1. The van der Waals surface area contributed by atoms with E-state index in [0.29, 0.717) is 21.3 Å². The van der Waals surface area contributed by atoms with Crippen molar-refractivity contribution >= 4 is 34.8 Å². The van der Waals surface area contributed by atoms with E-state index in [2.05, 4.69) is 5.32 Å². The van der Waals surface area contributed by atoms with Crippen LogP contribution in [0.3, 0.4) is 0 Å². The van der Waals surface area contributed by atoms with Crippen LogP contribution in [0, 0.1) is 0 Å². The number of hydrogen-bond donors (Lipinski definition) is 2. The van der Waals surface area contributed by atoms with Crippen molar-refractivity contribution in [3.63, 3.8) is 0 Å². The summed E-state index contributed by atoms with van der Waals surface area (Å²) in [7, 11) is 0. The van der Waals surface area contributed by atoms with Crippen molar-refractivity contribution in [1.29, 1.82) is 0 Å². The number of halogens is 2. The summed E-state index contributed by atoms with van der Waals surface area (Å²) in [5.74, 6) is -0.486. The van der Waals surface area contributed by atoms with Crippen LogP contribution in [0.15, 0.2) is 42.5 Å². The van der Waals surface area contributed by atoms with Crippen LogP contribution in [0.1, 0.15) is 28.9 Å². The highest BCUT2D eigenvalue weighted by Gasteiger charge is 2.10. The molecule has 3 nitrogen and oxygen atoms in total. The molecule has 0 fully saturated rings. The lowest BCUT2D eigenvalue weighted by molar-refractivity contribution is 0.100. The number of primary amides is 1. The van der Waals surface area contributed by atoms with Gasteiger partial charge in [-0.15, -0.1) is 0 Å². The normalized spacial score (nSPS) is 11.9. The zero-order valence-corrected chi connectivity index (χ0v) is 12.4. The van der Waals surface area contributed by atoms with E-state index in [-0.39, 0.29) is 6.04 Å². The van der Waals surface area contributed by atoms with Crippen molar-refractivity contribution in [2.75, 3.05) is 5.32 Å². The maximum Gasteiger partial charge on any atom is 0.248 e. The van der Waals surface area contributed by atoms with Crippen molar-refractivity contribution < 1.29 is 4.79 Å². The molecule has 0 saturated heterocycles. The molecule has 0 aliphatic rings. The maximum atomic E-state index is 11.2. The molecule has 0 bridgehead atoms. The zero-order chi connectivity index (χ0) is 14.7. The number of anilines is 1. The Morgan fingerprint density at radius 2 is 1.95 bits per heavy atom. The van der Waals surface area contributed by atoms with E-state index in [4.69, 9.17) is 28.9 Å². The number of nitrogens with two attached hydrogens (primary N) is 1. The zero-order valence-electron chi connectivity index (χ0n) is 10.9. The van der Waals surface area contributed by atoms with Crippen LogP contribution in [-0.2, 0) is 0 Å². The van der Waals surface area contributed by atoms with Gasteiger partial charge in [-0.1, -0.05) is 35.3 Å². The van der Waals surface area contributed by atoms with Crippen LogP contribution in [0.5, 0.6) is 0 Å². The average Bonchev–Trinajstić information content (AvgIpc) is 2.41. The fraction of sp³-hybridized carbons (Fsp3) is 0.133. The molecule has 0 aliphatic carbocycles. The largest absolute Gasteiger partial charge is 0.377 e. The van der Waals surface area contributed by atoms with E-state index in [1.165, 1.54) is 0 Å². The fourth-order valence-electron chi connectivity index (χ4n) is 1.88. The molecule has 1 amide bonds. The third kappa shape index (κ3) is 3.44. The first-order valence-corrected chi connectivity index (χ1v) is 6.84. The van der Waals surface area contributed by atoms with Gasteiger partial charge in [0.05, 0.1) is 10.7 Å². The van der Waals surface area contributed by atoms with Crippen molar-refractivity contribution in [3.05, 3.63) is 63.6 Å². The van der Waals surface area contributed by atoms with Gasteiger partial charge in [-0.2, -0.15) is 0 Å². The number of carbonyl (C=O) groups is 1. The second-order valence-corrected chi connectivity index (χ2v) is 5.32. The van der Waals surface area contributed by atoms with Crippen LogP contribution in [0.4, 0.5) is 5.69 Å². The molecule has 2 aromatic carbocycles. The van der Waals surface area contributed by atoms with Crippen LogP contribution in [0.25, 0.3) is 0 Å². The first-order valence-electron chi connectivity index (χ1n) is 6.08. The molecule has 20 heavy (non-hydrogen) atoms. The van der Waals surface area contributed by atoms with Crippen LogP contribution in [-0.4, -0.2) is 5.91 Å². The van der Waals surface area contributed by atoms with E-state index in [0.717, 1.165) is 5.56 Å². The lowest BCUT2D eigenvalue weighted by Gasteiger charge is -2.17. The second kappa shape index (κ2) is 6.16. The summed E-state index contributed by atoms with van der Waals surface area (Å²) in [4.78, 5) is 11.2. The number of hydrogen-bond acceptors (Lipinski definition) is 2. The Labute approximate surface area is 127 Å². The highest BCUT2D eigenvalue weighted by molar-refractivity contribution is 6.33. The Kier molecular flexibility index (Phi) is 4.53. The Morgan fingerprint density at radius 1 is 1.20 bits per heavy atom. The summed E-state index contributed by atoms with van der Waals surface area (Å²) in [6.45, 7) is 1.99. The fourth-order valence-corrected chi connectivity index (χ4v) is 2.25. The minimum Gasteiger partial charge on any atom is -0.377 e. The summed E-state index contributed by atoms with van der Waals surface area (Å²) >= 11 is 12.1. The van der Waals surface area contributed by atoms with Gasteiger partial charge < -0.3 is 11.1 Å². The molecule has 5 heteroatoms. The monoisotopic (exact) mass is 308 g/mol. The molecule has 0 aliphatic heterocycles. The van der Waals surface area contributed by atoms with Crippen molar-refractivity contribution in [2.24, 2.45) is 5.73 Å². The summed E-state index contributed by atoms with van der Waals surface area (Å²) < 4.78 is 0. The molecule has 0 saturated carbocycles. The molecule has 0 heterocycles. The third-order valence-electron chi connectivity index (χ3n) is 2.97. The number of benzene rings is 2. The minimum absolute atomic E-state index is 0.00525. The third-order valence-corrected chi connectivity index (χ3v) is 3.54. The molecule has 2 aromatic rings. The Morgan fingerprint density at radius 3 is 2.60 bits per heavy atom. The first-order chi connectivity index (χ1) is 9.47. The minimum atomic E-state index is -0.486. The Balaban J connectivity index is 2.25. The smallest absolute Gasteiger partial charge is 0.248 e. The average molecular weight is 309 g/mol. The van der Waals surface area contributed by atoms with Gasteiger partial charge in [0.15, 0.2) is 0 Å². The number of amides is 1. The van der Waals surface area contributed by atoms with Gasteiger partial charge >= 0.3 is 0 Å². The molecule has 0 aromatic heterocycles. The quantitative estimate of drug-likeness (QED) is 0.886. The number of rotatable bonds is 4. The molecule has 0 spiro atoms. The lowest BCUT2D eigenvalue weighted by atomic mass is 10.1. The lowest BCUT2D eigenvalue weighted by Crippen LogP contribution is -2.12. The summed E-state index contributed by atoms with van der Waals surface area (Å²) in [5, 5.41) is 4.46. The van der Waals surface area contributed by atoms with E-state index >= 15 is 0 Å². The van der Waals surface area contributed by atoms with Crippen molar-refractivity contribution in [3.8, 4) is 0 Å². The molecule has 1 unspecified atom stereocenters.